The van der Waals surface area contributed by atoms with Gasteiger partial charge in [-0.2, -0.15) is 4.31 Å². The molecule has 0 radical (unpaired) electrons. The summed E-state index contributed by atoms with van der Waals surface area (Å²) in [5.41, 5.74) is 1.81. The quantitative estimate of drug-likeness (QED) is 0.578. The Morgan fingerprint density at radius 2 is 1.66 bits per heavy atom. The molecule has 1 amide bonds. The van der Waals surface area contributed by atoms with E-state index < -0.39 is 10.0 Å². The monoisotopic (exact) mass is 456 g/mol. The van der Waals surface area contributed by atoms with E-state index in [1.165, 1.54) is 4.31 Å². The molecule has 0 unspecified atom stereocenters. The van der Waals surface area contributed by atoms with E-state index in [-0.39, 0.29) is 10.8 Å². The second kappa shape index (κ2) is 11.0. The first-order valence-electron chi connectivity index (χ1n) is 9.58. The number of nitrogens with one attached hydrogen (secondary N) is 1. The lowest BCUT2D eigenvalue weighted by Crippen LogP contribution is -2.30. The Labute approximate surface area is 183 Å². The van der Waals surface area contributed by atoms with Crippen LogP contribution in [0.15, 0.2) is 47.4 Å². The van der Waals surface area contributed by atoms with Gasteiger partial charge in [-0.25, -0.2) is 8.42 Å². The fourth-order valence-electron chi connectivity index (χ4n) is 2.97. The number of hydrogen-bond acceptors (Lipinski definition) is 3. The van der Waals surface area contributed by atoms with Gasteiger partial charge in [0, 0.05) is 26.1 Å². The molecule has 29 heavy (non-hydrogen) atoms. The van der Waals surface area contributed by atoms with E-state index in [1.807, 2.05) is 26.0 Å². The van der Waals surface area contributed by atoms with Gasteiger partial charge < -0.3 is 5.32 Å². The highest BCUT2D eigenvalue weighted by Crippen LogP contribution is 2.25. The Hall–Kier alpha value is -1.60. The lowest BCUT2D eigenvalue weighted by molar-refractivity contribution is -0.121. The molecule has 0 spiro atoms. The van der Waals surface area contributed by atoms with E-state index in [0.717, 1.165) is 11.1 Å². The molecule has 0 fully saturated rings. The van der Waals surface area contributed by atoms with Crippen molar-refractivity contribution in [2.24, 2.45) is 0 Å². The molecule has 0 bridgehead atoms. The topological polar surface area (TPSA) is 66.5 Å². The minimum absolute atomic E-state index is 0.0667. The minimum Gasteiger partial charge on any atom is -0.356 e. The van der Waals surface area contributed by atoms with Crippen LogP contribution in [-0.4, -0.2) is 38.3 Å². The average Bonchev–Trinajstić information content (AvgIpc) is 2.70. The third-order valence-electron chi connectivity index (χ3n) is 4.66. The molecule has 0 saturated heterocycles. The summed E-state index contributed by atoms with van der Waals surface area (Å²) in [6.07, 6.45) is 1.46. The van der Waals surface area contributed by atoms with Crippen LogP contribution in [0, 0.1) is 0 Å². The van der Waals surface area contributed by atoms with Crippen LogP contribution in [0.25, 0.3) is 0 Å². The first kappa shape index (κ1) is 23.7. The molecule has 0 aromatic heterocycles. The number of rotatable bonds is 10. The van der Waals surface area contributed by atoms with Gasteiger partial charge in [0.2, 0.25) is 15.9 Å². The van der Waals surface area contributed by atoms with Crippen molar-refractivity contribution < 1.29 is 13.2 Å². The first-order valence-corrected chi connectivity index (χ1v) is 11.8. The van der Waals surface area contributed by atoms with Crippen LogP contribution in [0.1, 0.15) is 31.4 Å². The zero-order chi connectivity index (χ0) is 21.4. The van der Waals surface area contributed by atoms with E-state index in [9.17, 15) is 13.2 Å². The minimum atomic E-state index is -3.46. The third kappa shape index (κ3) is 6.44. The summed E-state index contributed by atoms with van der Waals surface area (Å²) in [5.74, 6) is -0.0667. The lowest BCUT2D eigenvalue weighted by atomic mass is 10.1. The predicted molar refractivity (Wildman–Crippen MR) is 118 cm³/mol. The second-order valence-electron chi connectivity index (χ2n) is 6.55. The van der Waals surface area contributed by atoms with Crippen LogP contribution in [0.5, 0.6) is 0 Å². The van der Waals surface area contributed by atoms with Crippen molar-refractivity contribution >= 4 is 39.1 Å². The van der Waals surface area contributed by atoms with Crippen molar-refractivity contribution in [3.63, 3.8) is 0 Å². The van der Waals surface area contributed by atoms with Crippen LogP contribution in [0.4, 0.5) is 0 Å². The van der Waals surface area contributed by atoms with Crippen molar-refractivity contribution in [2.75, 3.05) is 19.6 Å². The molecule has 2 rings (SSSR count). The molecular formula is C21H26Cl2N2O3S. The van der Waals surface area contributed by atoms with Crippen LogP contribution in [0.2, 0.25) is 10.0 Å². The summed E-state index contributed by atoms with van der Waals surface area (Å²) < 4.78 is 26.4. The van der Waals surface area contributed by atoms with E-state index in [0.29, 0.717) is 48.9 Å². The molecule has 2 aromatic rings. The van der Waals surface area contributed by atoms with E-state index in [1.54, 1.807) is 30.3 Å². The Kier molecular flexibility index (Phi) is 8.96. The number of benzene rings is 2. The normalized spacial score (nSPS) is 11.6. The number of aryl methyl sites for hydroxylation is 1. The Bertz CT molecular complexity index is 927. The van der Waals surface area contributed by atoms with Gasteiger partial charge in [0.15, 0.2) is 0 Å². The van der Waals surface area contributed by atoms with Gasteiger partial charge >= 0.3 is 0 Å². The number of amides is 1. The number of hydrogen-bond donors (Lipinski definition) is 1. The van der Waals surface area contributed by atoms with Gasteiger partial charge in [-0.1, -0.05) is 61.3 Å². The summed E-state index contributed by atoms with van der Waals surface area (Å²) in [5, 5.41) is 3.89. The molecule has 0 heterocycles. The maximum atomic E-state index is 12.5. The standard InChI is InChI=1S/C21H26Cl2N2O3S/c1-3-25(4-2)29(27,28)18-11-8-16(9-12-18)10-13-20(26)24-15-14-17-6-5-7-19(22)21(17)23/h5-9,11-12H,3-4,10,13-15H2,1-2H3,(H,24,26). The fraction of sp³-hybridized carbons (Fsp3) is 0.381. The highest BCUT2D eigenvalue weighted by Gasteiger charge is 2.21. The van der Waals surface area contributed by atoms with Gasteiger partial charge in [0.05, 0.1) is 14.9 Å². The molecule has 8 heteroatoms. The molecule has 0 aliphatic heterocycles. The number of carbonyl (C=O) groups is 1. The summed E-state index contributed by atoms with van der Waals surface area (Å²) >= 11 is 12.1. The van der Waals surface area contributed by atoms with Crippen molar-refractivity contribution in [1.82, 2.24) is 9.62 Å². The Balaban J connectivity index is 1.84. The predicted octanol–water partition coefficient (Wildman–Crippen LogP) is 4.32. The summed E-state index contributed by atoms with van der Waals surface area (Å²) in [6.45, 7) is 4.96. The van der Waals surface area contributed by atoms with Crippen LogP contribution < -0.4 is 5.32 Å². The molecule has 0 atom stereocenters. The Morgan fingerprint density at radius 3 is 2.28 bits per heavy atom. The Morgan fingerprint density at radius 1 is 1.00 bits per heavy atom. The molecule has 0 saturated carbocycles. The molecule has 1 N–H and O–H groups in total. The number of sulfonamides is 1. The second-order valence-corrected chi connectivity index (χ2v) is 9.27. The van der Waals surface area contributed by atoms with Crippen molar-refractivity contribution in [2.45, 2.75) is 38.0 Å². The highest BCUT2D eigenvalue weighted by molar-refractivity contribution is 7.89. The molecule has 0 aliphatic rings. The van der Waals surface area contributed by atoms with Gasteiger partial charge in [-0.05, 0) is 42.2 Å². The van der Waals surface area contributed by atoms with Gasteiger partial charge in [0.25, 0.3) is 0 Å². The summed E-state index contributed by atoms with van der Waals surface area (Å²) in [6, 6.07) is 12.2. The maximum absolute atomic E-state index is 12.5. The van der Waals surface area contributed by atoms with Gasteiger partial charge in [0.1, 0.15) is 0 Å². The molecule has 158 valence electrons. The van der Waals surface area contributed by atoms with Crippen molar-refractivity contribution in [3.8, 4) is 0 Å². The van der Waals surface area contributed by atoms with Gasteiger partial charge in [-0.3, -0.25) is 4.79 Å². The number of halogens is 2. The lowest BCUT2D eigenvalue weighted by Gasteiger charge is -2.18. The van der Waals surface area contributed by atoms with E-state index in [2.05, 4.69) is 5.32 Å². The zero-order valence-corrected chi connectivity index (χ0v) is 18.9. The zero-order valence-electron chi connectivity index (χ0n) is 16.6. The number of carbonyl (C=O) groups excluding carboxylic acids is 1. The van der Waals surface area contributed by atoms with E-state index >= 15 is 0 Å². The van der Waals surface area contributed by atoms with Crippen LogP contribution >= 0.6 is 23.2 Å². The van der Waals surface area contributed by atoms with E-state index in [4.69, 9.17) is 23.2 Å². The molecule has 0 aliphatic carbocycles. The summed E-state index contributed by atoms with van der Waals surface area (Å²) in [7, 11) is -3.46. The molecule has 5 nitrogen and oxygen atoms in total. The maximum Gasteiger partial charge on any atom is 0.243 e. The van der Waals surface area contributed by atoms with Crippen molar-refractivity contribution in [1.29, 1.82) is 0 Å². The number of nitrogens with zero attached hydrogens (tertiary/aromatic N) is 1. The molecular weight excluding hydrogens is 431 g/mol. The van der Waals surface area contributed by atoms with Crippen LogP contribution in [0.3, 0.4) is 0 Å². The van der Waals surface area contributed by atoms with Crippen LogP contribution in [-0.2, 0) is 27.7 Å². The highest BCUT2D eigenvalue weighted by atomic mass is 35.5. The first-order chi connectivity index (χ1) is 13.8. The largest absolute Gasteiger partial charge is 0.356 e. The molecule has 2 aromatic carbocycles. The van der Waals surface area contributed by atoms with Gasteiger partial charge in [-0.15, -0.1) is 0 Å². The smallest absolute Gasteiger partial charge is 0.243 e. The fourth-order valence-corrected chi connectivity index (χ4v) is 4.84. The SMILES string of the molecule is CCN(CC)S(=O)(=O)c1ccc(CCC(=O)NCCc2cccc(Cl)c2Cl)cc1. The average molecular weight is 457 g/mol. The third-order valence-corrected chi connectivity index (χ3v) is 7.58. The van der Waals surface area contributed by atoms with Crippen molar-refractivity contribution in [3.05, 3.63) is 63.6 Å². The summed E-state index contributed by atoms with van der Waals surface area (Å²) in [4.78, 5) is 12.4.